The lowest BCUT2D eigenvalue weighted by Crippen LogP contribution is -2.27. The van der Waals surface area contributed by atoms with Gasteiger partial charge in [0.2, 0.25) is 0 Å². The zero-order chi connectivity index (χ0) is 16.5. The Balaban J connectivity index is 2.26. The lowest BCUT2D eigenvalue weighted by molar-refractivity contribution is -0.140. The van der Waals surface area contributed by atoms with Crippen molar-refractivity contribution < 1.29 is 22.4 Å². The summed E-state index contributed by atoms with van der Waals surface area (Å²) in [4.78, 5) is 18.1. The smallest absolute Gasteiger partial charge is 0.336 e. The number of amides is 1. The average molecular weight is 332 g/mol. The molecule has 3 nitrogen and oxygen atoms in total. The van der Waals surface area contributed by atoms with E-state index in [1.807, 2.05) is 0 Å². The minimum Gasteiger partial charge on any atom is -0.336 e. The summed E-state index contributed by atoms with van der Waals surface area (Å²) in [6, 6.07) is 2.67. The minimum absolute atomic E-state index is 0.153. The number of rotatable bonds is 3. The van der Waals surface area contributed by atoms with E-state index in [1.165, 1.54) is 18.4 Å². The highest BCUT2D eigenvalue weighted by atomic mass is 32.1. The largest absolute Gasteiger partial charge is 0.419 e. The van der Waals surface area contributed by atoms with Crippen LogP contribution in [0.1, 0.15) is 25.8 Å². The van der Waals surface area contributed by atoms with Gasteiger partial charge in [-0.1, -0.05) is 6.07 Å². The number of nitrogens with zero attached hydrogens (tertiary/aromatic N) is 2. The third-order valence-electron chi connectivity index (χ3n) is 2.94. The maximum absolute atomic E-state index is 13.9. The second kappa shape index (κ2) is 6.04. The van der Waals surface area contributed by atoms with Gasteiger partial charge in [0.1, 0.15) is 5.82 Å². The Morgan fingerprint density at radius 3 is 2.59 bits per heavy atom. The van der Waals surface area contributed by atoms with Gasteiger partial charge in [-0.25, -0.2) is 9.37 Å². The number of halogens is 4. The van der Waals surface area contributed by atoms with Crippen molar-refractivity contribution in [2.75, 3.05) is 7.05 Å². The molecule has 0 saturated carbocycles. The molecule has 0 N–H and O–H groups in total. The lowest BCUT2D eigenvalue weighted by atomic mass is 10.1. The Bertz CT molecular complexity index is 696. The fourth-order valence-corrected chi connectivity index (χ4v) is 2.75. The van der Waals surface area contributed by atoms with E-state index in [0.29, 0.717) is 6.07 Å². The van der Waals surface area contributed by atoms with Crippen LogP contribution in [0.15, 0.2) is 24.4 Å². The maximum atomic E-state index is 13.9. The van der Waals surface area contributed by atoms with Crippen molar-refractivity contribution in [1.29, 1.82) is 0 Å². The van der Waals surface area contributed by atoms with Crippen molar-refractivity contribution in [2.24, 2.45) is 0 Å². The van der Waals surface area contributed by atoms with Crippen LogP contribution in [0.5, 0.6) is 0 Å². The SMILES string of the molecule is Cc1ncc(CN(C)C(=O)c2cccc(C(F)(F)F)c2F)s1. The van der Waals surface area contributed by atoms with Crippen LogP contribution in [0.3, 0.4) is 0 Å². The van der Waals surface area contributed by atoms with Crippen LogP contribution in [0, 0.1) is 12.7 Å². The second-order valence-electron chi connectivity index (χ2n) is 4.67. The molecule has 1 amide bonds. The molecule has 1 aromatic heterocycles. The van der Waals surface area contributed by atoms with E-state index in [1.54, 1.807) is 13.1 Å². The number of thiazole rings is 1. The standard InChI is InChI=1S/C14H12F4N2OS/c1-8-19-6-9(22-8)7-20(2)13(21)10-4-3-5-11(12(10)15)14(16,17)18/h3-6H,7H2,1-2H3. The topological polar surface area (TPSA) is 33.2 Å². The quantitative estimate of drug-likeness (QED) is 0.799. The van der Waals surface area contributed by atoms with Gasteiger partial charge in [-0.15, -0.1) is 11.3 Å². The predicted octanol–water partition coefficient (Wildman–Crippen LogP) is 3.88. The molecule has 0 unspecified atom stereocenters. The van der Waals surface area contributed by atoms with Crippen LogP contribution in [-0.4, -0.2) is 22.8 Å². The first-order valence-corrected chi connectivity index (χ1v) is 7.04. The van der Waals surface area contributed by atoms with Gasteiger partial charge in [-0.2, -0.15) is 13.2 Å². The van der Waals surface area contributed by atoms with E-state index in [2.05, 4.69) is 4.98 Å². The van der Waals surface area contributed by atoms with E-state index < -0.39 is 29.0 Å². The molecule has 22 heavy (non-hydrogen) atoms. The number of benzene rings is 1. The fraction of sp³-hybridized carbons (Fsp3) is 0.286. The summed E-state index contributed by atoms with van der Waals surface area (Å²) >= 11 is 1.36. The minimum atomic E-state index is -4.84. The van der Waals surface area contributed by atoms with E-state index in [-0.39, 0.29) is 6.54 Å². The molecular formula is C14H12F4N2OS. The summed E-state index contributed by atoms with van der Waals surface area (Å²) in [5, 5.41) is 0.807. The van der Waals surface area contributed by atoms with E-state index in [9.17, 15) is 22.4 Å². The van der Waals surface area contributed by atoms with Crippen molar-refractivity contribution in [2.45, 2.75) is 19.6 Å². The molecule has 1 aromatic carbocycles. The van der Waals surface area contributed by atoms with Crippen molar-refractivity contribution in [1.82, 2.24) is 9.88 Å². The second-order valence-corrected chi connectivity index (χ2v) is 5.99. The van der Waals surface area contributed by atoms with Crippen molar-refractivity contribution in [3.63, 3.8) is 0 Å². The molecule has 0 spiro atoms. The molecule has 0 aliphatic heterocycles. The molecule has 0 fully saturated rings. The van der Waals surface area contributed by atoms with Gasteiger partial charge < -0.3 is 4.90 Å². The van der Waals surface area contributed by atoms with Crippen molar-refractivity contribution in [3.05, 3.63) is 51.2 Å². The number of carbonyl (C=O) groups is 1. The van der Waals surface area contributed by atoms with Crippen molar-refractivity contribution >= 4 is 17.2 Å². The van der Waals surface area contributed by atoms with Gasteiger partial charge in [0, 0.05) is 18.1 Å². The molecule has 0 saturated heterocycles. The van der Waals surface area contributed by atoms with Crippen LogP contribution >= 0.6 is 11.3 Å². The Kier molecular flexibility index (Phi) is 4.50. The molecule has 2 rings (SSSR count). The van der Waals surface area contributed by atoms with Gasteiger partial charge >= 0.3 is 6.18 Å². The van der Waals surface area contributed by atoms with Crippen molar-refractivity contribution in [3.8, 4) is 0 Å². The first-order valence-electron chi connectivity index (χ1n) is 6.22. The van der Waals surface area contributed by atoms with Crippen LogP contribution in [0.25, 0.3) is 0 Å². The highest BCUT2D eigenvalue weighted by Gasteiger charge is 2.36. The first kappa shape index (κ1) is 16.4. The molecule has 0 bridgehead atoms. The van der Waals surface area contributed by atoms with Crippen LogP contribution in [0.4, 0.5) is 17.6 Å². The zero-order valence-corrected chi connectivity index (χ0v) is 12.6. The molecule has 0 radical (unpaired) electrons. The number of aromatic nitrogens is 1. The third-order valence-corrected chi connectivity index (χ3v) is 3.84. The first-order chi connectivity index (χ1) is 10.2. The molecule has 1 heterocycles. The van der Waals surface area contributed by atoms with Crippen LogP contribution in [-0.2, 0) is 12.7 Å². The average Bonchev–Trinajstić information content (AvgIpc) is 2.82. The van der Waals surface area contributed by atoms with Crippen LogP contribution < -0.4 is 0 Å². The highest BCUT2D eigenvalue weighted by molar-refractivity contribution is 7.11. The van der Waals surface area contributed by atoms with E-state index in [0.717, 1.165) is 26.9 Å². The number of hydrogen-bond donors (Lipinski definition) is 0. The number of alkyl halides is 3. The van der Waals surface area contributed by atoms with E-state index in [4.69, 9.17) is 0 Å². The Morgan fingerprint density at radius 1 is 1.36 bits per heavy atom. The number of hydrogen-bond acceptors (Lipinski definition) is 3. The normalized spacial score (nSPS) is 11.5. The molecule has 8 heteroatoms. The van der Waals surface area contributed by atoms with Gasteiger partial charge in [0.15, 0.2) is 0 Å². The molecule has 0 aliphatic carbocycles. The molecule has 2 aromatic rings. The zero-order valence-electron chi connectivity index (χ0n) is 11.7. The molecule has 118 valence electrons. The third kappa shape index (κ3) is 3.44. The summed E-state index contributed by atoms with van der Waals surface area (Å²) in [5.74, 6) is -2.36. The molecule has 0 aliphatic rings. The molecule has 0 atom stereocenters. The summed E-state index contributed by atoms with van der Waals surface area (Å²) in [6.45, 7) is 1.95. The monoisotopic (exact) mass is 332 g/mol. The van der Waals surface area contributed by atoms with Gasteiger partial charge in [-0.05, 0) is 19.1 Å². The fourth-order valence-electron chi connectivity index (χ4n) is 1.91. The summed E-state index contributed by atoms with van der Waals surface area (Å²) in [7, 11) is 1.40. The Hall–Kier alpha value is -1.96. The summed E-state index contributed by atoms with van der Waals surface area (Å²) in [5.41, 5.74) is -2.04. The van der Waals surface area contributed by atoms with Crippen LogP contribution in [0.2, 0.25) is 0 Å². The summed E-state index contributed by atoms with van der Waals surface area (Å²) in [6.07, 6.45) is -3.26. The van der Waals surface area contributed by atoms with Gasteiger partial charge in [0.05, 0.1) is 22.7 Å². The van der Waals surface area contributed by atoms with E-state index >= 15 is 0 Å². The maximum Gasteiger partial charge on any atom is 0.419 e. The molecular weight excluding hydrogens is 320 g/mol. The lowest BCUT2D eigenvalue weighted by Gasteiger charge is -2.18. The van der Waals surface area contributed by atoms with Gasteiger partial charge in [-0.3, -0.25) is 4.79 Å². The number of aryl methyl sites for hydroxylation is 1. The van der Waals surface area contributed by atoms with Gasteiger partial charge in [0.25, 0.3) is 5.91 Å². The highest BCUT2D eigenvalue weighted by Crippen LogP contribution is 2.32. The predicted molar refractivity (Wildman–Crippen MR) is 74.1 cm³/mol. The Morgan fingerprint density at radius 2 is 2.05 bits per heavy atom. The number of carbonyl (C=O) groups excluding carboxylic acids is 1. The Labute approximate surface area is 128 Å². The summed E-state index contributed by atoms with van der Waals surface area (Å²) < 4.78 is 52.0.